The molecule has 0 radical (unpaired) electrons. The maximum atomic E-state index is 12.7. The van der Waals surface area contributed by atoms with E-state index in [0.29, 0.717) is 18.8 Å². The molecule has 1 amide bonds. The molecule has 0 saturated carbocycles. The van der Waals surface area contributed by atoms with E-state index in [0.717, 1.165) is 17.9 Å². The maximum absolute atomic E-state index is 12.7. The Kier molecular flexibility index (Phi) is 5.63. The molecule has 1 atom stereocenters. The minimum Gasteiger partial charge on any atom is -0.496 e. The normalized spacial score (nSPS) is 17.5. The van der Waals surface area contributed by atoms with Crippen LogP contribution >= 0.6 is 12.4 Å². The molecular weight excluding hydrogens is 318 g/mol. The molecule has 7 heteroatoms. The van der Waals surface area contributed by atoms with Crippen LogP contribution in [-0.2, 0) is 0 Å². The van der Waals surface area contributed by atoms with Crippen molar-refractivity contribution in [2.75, 3.05) is 26.7 Å². The van der Waals surface area contributed by atoms with Crippen molar-refractivity contribution < 1.29 is 14.1 Å². The zero-order valence-corrected chi connectivity index (χ0v) is 13.9. The van der Waals surface area contributed by atoms with Gasteiger partial charge in [-0.25, -0.2) is 0 Å². The molecule has 1 aliphatic heterocycles. The molecule has 1 unspecified atom stereocenters. The Morgan fingerprint density at radius 1 is 1.43 bits per heavy atom. The molecule has 1 aromatic heterocycles. The van der Waals surface area contributed by atoms with Crippen LogP contribution < -0.4 is 10.1 Å². The van der Waals surface area contributed by atoms with Gasteiger partial charge in [-0.2, -0.15) is 0 Å². The topological polar surface area (TPSA) is 67.6 Å². The van der Waals surface area contributed by atoms with Crippen LogP contribution in [0.2, 0.25) is 0 Å². The van der Waals surface area contributed by atoms with Gasteiger partial charge in [0.15, 0.2) is 0 Å². The van der Waals surface area contributed by atoms with Gasteiger partial charge in [-0.15, -0.1) is 12.4 Å². The van der Waals surface area contributed by atoms with Crippen LogP contribution in [0.5, 0.6) is 5.75 Å². The van der Waals surface area contributed by atoms with Crippen molar-refractivity contribution in [1.82, 2.24) is 15.4 Å². The molecule has 1 N–H and O–H groups in total. The van der Waals surface area contributed by atoms with Crippen LogP contribution in [0.15, 0.2) is 34.9 Å². The highest BCUT2D eigenvalue weighted by atomic mass is 35.5. The predicted molar refractivity (Wildman–Crippen MR) is 88.1 cm³/mol. The number of piperazine rings is 1. The number of nitrogens with zero attached hydrogens (tertiary/aromatic N) is 2. The number of aromatic nitrogens is 1. The van der Waals surface area contributed by atoms with Crippen LogP contribution in [0.3, 0.4) is 0 Å². The Hall–Kier alpha value is -2.05. The lowest BCUT2D eigenvalue weighted by Crippen LogP contribution is -2.48. The Labute approximate surface area is 141 Å². The first-order valence-electron chi connectivity index (χ1n) is 7.28. The van der Waals surface area contributed by atoms with E-state index in [1.165, 1.54) is 0 Å². The monoisotopic (exact) mass is 337 g/mol. The Balaban J connectivity index is 0.00000192. The Bertz CT molecular complexity index is 674. The van der Waals surface area contributed by atoms with E-state index in [2.05, 4.69) is 10.5 Å². The quantitative estimate of drug-likeness (QED) is 0.930. The molecule has 2 aromatic rings. The van der Waals surface area contributed by atoms with Crippen molar-refractivity contribution in [2.24, 2.45) is 0 Å². The van der Waals surface area contributed by atoms with E-state index in [-0.39, 0.29) is 30.1 Å². The second-order valence-corrected chi connectivity index (χ2v) is 5.29. The molecule has 23 heavy (non-hydrogen) atoms. The standard InChI is InChI=1S/C16H19N3O3.ClH/c1-11-9-15(22-18-11)16(20)19-8-7-17-10-13(19)12-5-3-4-6-14(12)21-2;/h3-6,9,13,17H,7-8,10H2,1-2H3;1H. The molecule has 1 fully saturated rings. The predicted octanol–water partition coefficient (Wildman–Crippen LogP) is 2.20. The van der Waals surface area contributed by atoms with Gasteiger partial charge in [-0.1, -0.05) is 23.4 Å². The molecule has 0 aliphatic carbocycles. The summed E-state index contributed by atoms with van der Waals surface area (Å²) in [7, 11) is 1.64. The summed E-state index contributed by atoms with van der Waals surface area (Å²) in [5.41, 5.74) is 1.69. The molecule has 0 spiro atoms. The molecule has 3 rings (SSSR count). The second-order valence-electron chi connectivity index (χ2n) is 5.29. The van der Waals surface area contributed by atoms with Gasteiger partial charge in [0.2, 0.25) is 5.76 Å². The minimum atomic E-state index is -0.141. The molecule has 124 valence electrons. The average Bonchev–Trinajstić information content (AvgIpc) is 3.00. The fourth-order valence-electron chi connectivity index (χ4n) is 2.77. The number of nitrogens with one attached hydrogen (secondary N) is 1. The number of ether oxygens (including phenoxy) is 1. The number of carbonyl (C=O) groups excluding carboxylic acids is 1. The third-order valence-corrected chi connectivity index (χ3v) is 3.84. The van der Waals surface area contributed by atoms with Crippen molar-refractivity contribution in [3.63, 3.8) is 0 Å². The van der Waals surface area contributed by atoms with E-state index in [4.69, 9.17) is 9.26 Å². The van der Waals surface area contributed by atoms with Crippen molar-refractivity contribution in [3.05, 3.63) is 47.3 Å². The SMILES string of the molecule is COc1ccccc1C1CNCCN1C(=O)c1cc(C)no1.Cl. The van der Waals surface area contributed by atoms with Crippen molar-refractivity contribution in [3.8, 4) is 5.75 Å². The summed E-state index contributed by atoms with van der Waals surface area (Å²) in [6.07, 6.45) is 0. The van der Waals surface area contributed by atoms with Gasteiger partial charge in [0.1, 0.15) is 5.75 Å². The lowest BCUT2D eigenvalue weighted by Gasteiger charge is -2.36. The number of methoxy groups -OCH3 is 1. The summed E-state index contributed by atoms with van der Waals surface area (Å²) in [5, 5.41) is 7.13. The molecular formula is C16H20ClN3O3. The molecule has 6 nitrogen and oxygen atoms in total. The minimum absolute atomic E-state index is 0. The molecule has 2 heterocycles. The number of para-hydroxylation sites is 1. The summed E-state index contributed by atoms with van der Waals surface area (Å²) in [4.78, 5) is 14.5. The smallest absolute Gasteiger partial charge is 0.293 e. The summed E-state index contributed by atoms with van der Waals surface area (Å²) < 4.78 is 10.6. The van der Waals surface area contributed by atoms with Crippen molar-refractivity contribution in [2.45, 2.75) is 13.0 Å². The highest BCUT2D eigenvalue weighted by Crippen LogP contribution is 2.31. The number of rotatable bonds is 3. The highest BCUT2D eigenvalue weighted by molar-refractivity contribution is 5.92. The zero-order valence-electron chi connectivity index (χ0n) is 13.1. The highest BCUT2D eigenvalue weighted by Gasteiger charge is 2.32. The zero-order chi connectivity index (χ0) is 15.5. The van der Waals surface area contributed by atoms with Gasteiger partial charge >= 0.3 is 0 Å². The molecule has 0 bridgehead atoms. The lowest BCUT2D eigenvalue weighted by molar-refractivity contribution is 0.0589. The van der Waals surface area contributed by atoms with Gasteiger partial charge in [0, 0.05) is 31.3 Å². The fraction of sp³-hybridized carbons (Fsp3) is 0.375. The number of halogens is 1. The van der Waals surface area contributed by atoms with Crippen LogP contribution in [0.4, 0.5) is 0 Å². The van der Waals surface area contributed by atoms with Gasteiger partial charge in [-0.05, 0) is 13.0 Å². The first-order chi connectivity index (χ1) is 10.7. The summed E-state index contributed by atoms with van der Waals surface area (Å²) >= 11 is 0. The number of carbonyl (C=O) groups is 1. The van der Waals surface area contributed by atoms with Crippen molar-refractivity contribution >= 4 is 18.3 Å². The fourth-order valence-corrected chi connectivity index (χ4v) is 2.77. The number of aryl methyl sites for hydroxylation is 1. The number of hydrogen-bond acceptors (Lipinski definition) is 5. The van der Waals surface area contributed by atoms with Crippen molar-refractivity contribution in [1.29, 1.82) is 0 Å². The van der Waals surface area contributed by atoms with Gasteiger partial charge in [0.05, 0.1) is 18.8 Å². The lowest BCUT2D eigenvalue weighted by atomic mass is 10.0. The van der Waals surface area contributed by atoms with E-state index in [1.54, 1.807) is 20.1 Å². The molecule has 1 aromatic carbocycles. The largest absolute Gasteiger partial charge is 0.496 e. The summed E-state index contributed by atoms with van der Waals surface area (Å²) in [5.74, 6) is 0.917. The number of hydrogen-bond donors (Lipinski definition) is 1. The van der Waals surface area contributed by atoms with E-state index in [1.807, 2.05) is 29.2 Å². The first kappa shape index (κ1) is 17.3. The van der Waals surface area contributed by atoms with Crippen LogP contribution in [-0.4, -0.2) is 42.7 Å². The molecule has 1 saturated heterocycles. The Morgan fingerprint density at radius 2 is 2.22 bits per heavy atom. The average molecular weight is 338 g/mol. The van der Waals surface area contributed by atoms with E-state index >= 15 is 0 Å². The first-order valence-corrected chi connectivity index (χ1v) is 7.28. The Morgan fingerprint density at radius 3 is 2.91 bits per heavy atom. The van der Waals surface area contributed by atoms with Crippen LogP contribution in [0, 0.1) is 6.92 Å². The summed E-state index contributed by atoms with van der Waals surface area (Å²) in [6, 6.07) is 9.35. The van der Waals surface area contributed by atoms with E-state index in [9.17, 15) is 4.79 Å². The van der Waals surface area contributed by atoms with Gasteiger partial charge in [-0.3, -0.25) is 4.79 Å². The van der Waals surface area contributed by atoms with Crippen LogP contribution in [0.25, 0.3) is 0 Å². The number of amides is 1. The van der Waals surface area contributed by atoms with Gasteiger partial charge in [0.25, 0.3) is 5.91 Å². The van der Waals surface area contributed by atoms with Gasteiger partial charge < -0.3 is 19.5 Å². The number of benzene rings is 1. The summed E-state index contributed by atoms with van der Waals surface area (Å²) in [6.45, 7) is 3.85. The second kappa shape index (κ2) is 7.48. The van der Waals surface area contributed by atoms with E-state index < -0.39 is 0 Å². The maximum Gasteiger partial charge on any atom is 0.293 e. The van der Waals surface area contributed by atoms with Crippen LogP contribution in [0.1, 0.15) is 27.9 Å². The third kappa shape index (κ3) is 3.48. The third-order valence-electron chi connectivity index (χ3n) is 3.84. The molecule has 1 aliphatic rings.